The maximum atomic E-state index is 11.4. The monoisotopic (exact) mass is 289 g/mol. The van der Waals surface area contributed by atoms with Crippen LogP contribution in [0.2, 0.25) is 10.0 Å². The largest absolute Gasteiger partial charge is 0.377 e. The molecule has 0 radical (unpaired) electrons. The highest BCUT2D eigenvalue weighted by molar-refractivity contribution is 6.34. The third-order valence-electron chi connectivity index (χ3n) is 2.62. The van der Waals surface area contributed by atoms with Crippen molar-refractivity contribution in [2.75, 3.05) is 20.3 Å². The Labute approximate surface area is 117 Å². The summed E-state index contributed by atoms with van der Waals surface area (Å²) in [4.78, 5) is 11.4. The first kappa shape index (κ1) is 15.4. The van der Waals surface area contributed by atoms with E-state index in [2.05, 4.69) is 5.32 Å². The number of carbonyl (C=O) groups is 1. The number of carbonyl (C=O) groups excluding carboxylic acids is 1. The molecule has 0 amide bonds. The second-order valence-corrected chi connectivity index (χ2v) is 5.48. The lowest BCUT2D eigenvalue weighted by molar-refractivity contribution is -0.122. The van der Waals surface area contributed by atoms with Gasteiger partial charge in [0, 0.05) is 22.7 Å². The SMILES string of the molecule is COCC(=O)CNC(C)(C)c1cc(Cl)cc(Cl)c1. The number of ketones is 1. The molecule has 3 nitrogen and oxygen atoms in total. The quantitative estimate of drug-likeness (QED) is 0.875. The molecule has 0 aliphatic rings. The zero-order chi connectivity index (χ0) is 13.8. The van der Waals surface area contributed by atoms with Crippen LogP contribution in [-0.2, 0) is 15.1 Å². The van der Waals surface area contributed by atoms with Gasteiger partial charge in [-0.25, -0.2) is 0 Å². The lowest BCUT2D eigenvalue weighted by atomic mass is 9.94. The Bertz CT molecular complexity index is 413. The topological polar surface area (TPSA) is 38.3 Å². The van der Waals surface area contributed by atoms with Crippen molar-refractivity contribution in [3.05, 3.63) is 33.8 Å². The minimum atomic E-state index is -0.391. The standard InChI is InChI=1S/C13H17Cl2NO2/c1-13(2,16-7-12(17)8-18-3)9-4-10(14)6-11(15)5-9/h4-6,16H,7-8H2,1-3H3. The number of rotatable bonds is 6. The molecule has 100 valence electrons. The molecule has 0 atom stereocenters. The third kappa shape index (κ3) is 4.58. The molecule has 0 saturated carbocycles. The summed E-state index contributed by atoms with van der Waals surface area (Å²) in [6.45, 7) is 4.29. The molecule has 0 spiro atoms. The predicted molar refractivity (Wildman–Crippen MR) is 74.4 cm³/mol. The van der Waals surface area contributed by atoms with Crippen molar-refractivity contribution in [2.24, 2.45) is 0 Å². The van der Waals surface area contributed by atoms with Crippen molar-refractivity contribution in [3.8, 4) is 0 Å². The Balaban J connectivity index is 2.76. The summed E-state index contributed by atoms with van der Waals surface area (Å²) in [5.41, 5.74) is 0.544. The Hall–Kier alpha value is -0.610. The highest BCUT2D eigenvalue weighted by Crippen LogP contribution is 2.27. The Morgan fingerprint density at radius 1 is 1.28 bits per heavy atom. The second kappa shape index (κ2) is 6.53. The van der Waals surface area contributed by atoms with Gasteiger partial charge in [-0.05, 0) is 37.6 Å². The Morgan fingerprint density at radius 3 is 2.33 bits per heavy atom. The molecule has 0 aromatic heterocycles. The number of nitrogens with one attached hydrogen (secondary N) is 1. The summed E-state index contributed by atoms with van der Waals surface area (Å²) < 4.78 is 4.78. The van der Waals surface area contributed by atoms with Crippen LogP contribution in [0.1, 0.15) is 19.4 Å². The molecule has 0 unspecified atom stereocenters. The zero-order valence-electron chi connectivity index (χ0n) is 10.7. The van der Waals surface area contributed by atoms with Crippen molar-refractivity contribution in [1.82, 2.24) is 5.32 Å². The van der Waals surface area contributed by atoms with Crippen LogP contribution in [0.25, 0.3) is 0 Å². The first-order valence-corrected chi connectivity index (χ1v) is 6.33. The fraction of sp³-hybridized carbons (Fsp3) is 0.462. The van der Waals surface area contributed by atoms with Crippen LogP contribution >= 0.6 is 23.2 Å². The second-order valence-electron chi connectivity index (χ2n) is 4.61. The van der Waals surface area contributed by atoms with E-state index in [1.54, 1.807) is 6.07 Å². The maximum absolute atomic E-state index is 11.4. The molecule has 1 aromatic carbocycles. The highest BCUT2D eigenvalue weighted by atomic mass is 35.5. The summed E-state index contributed by atoms with van der Waals surface area (Å²) in [7, 11) is 1.50. The number of methoxy groups -OCH3 is 1. The van der Waals surface area contributed by atoms with Crippen LogP contribution in [-0.4, -0.2) is 26.0 Å². The molecule has 1 rings (SSSR count). The molecule has 0 aliphatic carbocycles. The van der Waals surface area contributed by atoms with E-state index in [-0.39, 0.29) is 18.9 Å². The highest BCUT2D eigenvalue weighted by Gasteiger charge is 2.21. The van der Waals surface area contributed by atoms with Gasteiger partial charge in [-0.3, -0.25) is 4.79 Å². The Morgan fingerprint density at radius 2 is 1.83 bits per heavy atom. The molecule has 5 heteroatoms. The Kier molecular flexibility index (Phi) is 5.60. The number of Topliss-reactive ketones (excluding diaryl/α,β-unsaturated/α-hetero) is 1. The average Bonchev–Trinajstić information content (AvgIpc) is 2.26. The zero-order valence-corrected chi connectivity index (χ0v) is 12.2. The van der Waals surface area contributed by atoms with Gasteiger partial charge in [-0.2, -0.15) is 0 Å². The van der Waals surface area contributed by atoms with Gasteiger partial charge >= 0.3 is 0 Å². The molecule has 0 fully saturated rings. The van der Waals surface area contributed by atoms with Gasteiger partial charge in [0.05, 0.1) is 6.54 Å². The summed E-state index contributed by atoms with van der Waals surface area (Å²) in [5, 5.41) is 4.33. The number of hydrogen-bond acceptors (Lipinski definition) is 3. The van der Waals surface area contributed by atoms with Gasteiger partial charge in [-0.15, -0.1) is 0 Å². The van der Waals surface area contributed by atoms with Crippen molar-refractivity contribution in [2.45, 2.75) is 19.4 Å². The molecule has 0 heterocycles. The minimum Gasteiger partial charge on any atom is -0.377 e. The minimum absolute atomic E-state index is 0.00120. The summed E-state index contributed by atoms with van der Waals surface area (Å²) in [6, 6.07) is 5.35. The summed E-state index contributed by atoms with van der Waals surface area (Å²) >= 11 is 11.9. The number of hydrogen-bond donors (Lipinski definition) is 1. The summed E-state index contributed by atoms with van der Waals surface area (Å²) in [6.07, 6.45) is 0. The normalized spacial score (nSPS) is 11.6. The van der Waals surface area contributed by atoms with Crippen molar-refractivity contribution >= 4 is 29.0 Å². The van der Waals surface area contributed by atoms with Gasteiger partial charge in [0.15, 0.2) is 5.78 Å². The van der Waals surface area contributed by atoms with Crippen molar-refractivity contribution in [3.63, 3.8) is 0 Å². The van der Waals surface area contributed by atoms with Crippen LogP contribution in [0.15, 0.2) is 18.2 Å². The van der Waals surface area contributed by atoms with Crippen LogP contribution in [0.3, 0.4) is 0 Å². The van der Waals surface area contributed by atoms with Crippen LogP contribution in [0.5, 0.6) is 0 Å². The maximum Gasteiger partial charge on any atom is 0.172 e. The number of ether oxygens (including phenoxy) is 1. The smallest absolute Gasteiger partial charge is 0.172 e. The van der Waals surface area contributed by atoms with Gasteiger partial charge in [0.25, 0.3) is 0 Å². The van der Waals surface area contributed by atoms with E-state index in [4.69, 9.17) is 27.9 Å². The number of benzene rings is 1. The van der Waals surface area contributed by atoms with Crippen molar-refractivity contribution < 1.29 is 9.53 Å². The fourth-order valence-electron chi connectivity index (χ4n) is 1.55. The van der Waals surface area contributed by atoms with E-state index in [9.17, 15) is 4.79 Å². The molecular formula is C13H17Cl2NO2. The first-order chi connectivity index (χ1) is 8.35. The molecule has 18 heavy (non-hydrogen) atoms. The van der Waals surface area contributed by atoms with E-state index in [0.717, 1.165) is 5.56 Å². The molecule has 1 aromatic rings. The molecule has 0 bridgehead atoms. The lowest BCUT2D eigenvalue weighted by Gasteiger charge is -2.27. The van der Waals surface area contributed by atoms with Crippen LogP contribution in [0, 0.1) is 0 Å². The van der Waals surface area contributed by atoms with Crippen LogP contribution in [0.4, 0.5) is 0 Å². The van der Waals surface area contributed by atoms with Crippen LogP contribution < -0.4 is 5.32 Å². The fourth-order valence-corrected chi connectivity index (χ4v) is 2.07. The van der Waals surface area contributed by atoms with E-state index in [0.29, 0.717) is 10.0 Å². The summed E-state index contributed by atoms with van der Waals surface area (Å²) in [5.74, 6) is -0.00120. The van der Waals surface area contributed by atoms with E-state index >= 15 is 0 Å². The van der Waals surface area contributed by atoms with Gasteiger partial charge in [0.1, 0.15) is 6.61 Å². The van der Waals surface area contributed by atoms with Gasteiger partial charge in [-0.1, -0.05) is 23.2 Å². The van der Waals surface area contributed by atoms with E-state index in [1.165, 1.54) is 7.11 Å². The van der Waals surface area contributed by atoms with Gasteiger partial charge < -0.3 is 10.1 Å². The third-order valence-corrected chi connectivity index (χ3v) is 3.05. The average molecular weight is 290 g/mol. The molecule has 0 aliphatic heterocycles. The first-order valence-electron chi connectivity index (χ1n) is 5.57. The van der Waals surface area contributed by atoms with E-state index < -0.39 is 5.54 Å². The predicted octanol–water partition coefficient (Wildman–Crippen LogP) is 3.03. The molecular weight excluding hydrogens is 273 g/mol. The molecule has 1 N–H and O–H groups in total. The van der Waals surface area contributed by atoms with Gasteiger partial charge in [0.2, 0.25) is 0 Å². The lowest BCUT2D eigenvalue weighted by Crippen LogP contribution is -2.40. The van der Waals surface area contributed by atoms with Crippen molar-refractivity contribution in [1.29, 1.82) is 0 Å². The number of halogens is 2. The van der Waals surface area contributed by atoms with E-state index in [1.807, 2.05) is 26.0 Å². The molecule has 0 saturated heterocycles.